The summed E-state index contributed by atoms with van der Waals surface area (Å²) < 4.78 is 0. The van der Waals surface area contributed by atoms with E-state index in [-0.39, 0.29) is 5.41 Å². The summed E-state index contributed by atoms with van der Waals surface area (Å²) in [6.45, 7) is 4.75. The molecule has 0 N–H and O–H groups in total. The van der Waals surface area contributed by atoms with E-state index in [1.165, 1.54) is 55.3 Å². The molecule has 0 saturated carbocycles. The average Bonchev–Trinajstić information content (AvgIpc) is 3.54. The lowest BCUT2D eigenvalue weighted by atomic mass is 9.79. The second-order valence-electron chi connectivity index (χ2n) is 16.0. The Labute approximate surface area is 344 Å². The predicted octanol–water partition coefficient (Wildman–Crippen LogP) is 14.5. The van der Waals surface area contributed by atoms with Crippen LogP contribution in [0.3, 0.4) is 0 Å². The van der Waals surface area contributed by atoms with Crippen LogP contribution in [0.5, 0.6) is 0 Å². The summed E-state index contributed by atoms with van der Waals surface area (Å²) in [5.41, 5.74) is 17.2. The molecule has 0 bridgehead atoms. The SMILES string of the molecule is CC1(C)c2cc(-c3cccc(-c4ccc(-c5nc(-c6ccccc6)cc(-c6ccc(-c7cccnc7)cc6)n5)c5ccccc45)c3)ccc2-c2ccc3ccccc3c21. The highest BCUT2D eigenvalue weighted by Crippen LogP contribution is 2.52. The summed E-state index contributed by atoms with van der Waals surface area (Å²) >= 11 is 0. The Bertz CT molecular complexity index is 3220. The van der Waals surface area contributed by atoms with Crippen LogP contribution in [0.2, 0.25) is 0 Å². The van der Waals surface area contributed by atoms with Gasteiger partial charge in [0, 0.05) is 34.5 Å². The van der Waals surface area contributed by atoms with Crippen molar-refractivity contribution in [3.05, 3.63) is 212 Å². The van der Waals surface area contributed by atoms with Gasteiger partial charge in [-0.25, -0.2) is 9.97 Å². The number of rotatable bonds is 6. The molecule has 3 heteroatoms. The molecule has 2 aromatic heterocycles. The maximum atomic E-state index is 5.26. The Morgan fingerprint density at radius 2 is 0.949 bits per heavy atom. The van der Waals surface area contributed by atoms with Gasteiger partial charge in [-0.2, -0.15) is 0 Å². The number of aromatic nitrogens is 3. The fraction of sp³-hybridized carbons (Fsp3) is 0.0536. The molecule has 3 nitrogen and oxygen atoms in total. The van der Waals surface area contributed by atoms with E-state index in [9.17, 15) is 0 Å². The second kappa shape index (κ2) is 13.9. The second-order valence-corrected chi connectivity index (χ2v) is 16.0. The molecule has 10 aromatic rings. The van der Waals surface area contributed by atoms with Crippen LogP contribution in [-0.4, -0.2) is 15.0 Å². The van der Waals surface area contributed by atoms with Crippen LogP contribution in [-0.2, 0) is 5.41 Å². The molecular weight excluding hydrogens is 715 g/mol. The van der Waals surface area contributed by atoms with Gasteiger partial charge in [0.25, 0.3) is 0 Å². The van der Waals surface area contributed by atoms with E-state index in [0.717, 1.165) is 50.0 Å². The maximum Gasteiger partial charge on any atom is 0.161 e. The van der Waals surface area contributed by atoms with Crippen LogP contribution in [0.1, 0.15) is 25.0 Å². The van der Waals surface area contributed by atoms with Gasteiger partial charge in [-0.3, -0.25) is 4.98 Å². The molecule has 1 aliphatic carbocycles. The van der Waals surface area contributed by atoms with Crippen LogP contribution in [0, 0.1) is 0 Å². The van der Waals surface area contributed by atoms with E-state index in [2.05, 4.69) is 195 Å². The van der Waals surface area contributed by atoms with Crippen molar-refractivity contribution < 1.29 is 0 Å². The van der Waals surface area contributed by atoms with Crippen molar-refractivity contribution in [2.45, 2.75) is 19.3 Å². The van der Waals surface area contributed by atoms with E-state index in [0.29, 0.717) is 5.82 Å². The van der Waals surface area contributed by atoms with Gasteiger partial charge >= 0.3 is 0 Å². The number of hydrogen-bond acceptors (Lipinski definition) is 3. The first-order valence-electron chi connectivity index (χ1n) is 20.2. The van der Waals surface area contributed by atoms with Crippen molar-refractivity contribution in [1.82, 2.24) is 15.0 Å². The monoisotopic (exact) mass is 753 g/mol. The van der Waals surface area contributed by atoms with Crippen LogP contribution in [0.25, 0.3) is 100.0 Å². The van der Waals surface area contributed by atoms with Crippen molar-refractivity contribution in [3.63, 3.8) is 0 Å². The predicted molar refractivity (Wildman–Crippen MR) is 245 cm³/mol. The first-order valence-corrected chi connectivity index (χ1v) is 20.2. The summed E-state index contributed by atoms with van der Waals surface area (Å²) in [5.74, 6) is 0.698. The van der Waals surface area contributed by atoms with Gasteiger partial charge < -0.3 is 0 Å². The van der Waals surface area contributed by atoms with Crippen molar-refractivity contribution in [2.75, 3.05) is 0 Å². The zero-order valence-electron chi connectivity index (χ0n) is 32.9. The lowest BCUT2D eigenvalue weighted by Gasteiger charge is -2.23. The third-order valence-corrected chi connectivity index (χ3v) is 12.2. The Kier molecular flexibility index (Phi) is 8.16. The van der Waals surface area contributed by atoms with E-state index >= 15 is 0 Å². The standard InChI is InChI=1S/C56H39N3/c1-56(2)51-33-41(26-27-48(51)49-28-25-37-12-6-7-18-45(37)54(49)56)40-15-10-16-42(32-40)44-29-30-50(47-20-9-8-19-46(44)47)55-58-52(38-13-4-3-5-14-38)34-53(59-55)39-23-21-36(22-24-39)43-17-11-31-57-35-43/h3-35H,1-2H3. The third kappa shape index (κ3) is 5.94. The van der Waals surface area contributed by atoms with Gasteiger partial charge in [-0.1, -0.05) is 172 Å². The average molecular weight is 754 g/mol. The molecule has 0 unspecified atom stereocenters. The van der Waals surface area contributed by atoms with Crippen molar-refractivity contribution >= 4 is 21.5 Å². The molecule has 2 heterocycles. The Hall–Kier alpha value is -7.49. The summed E-state index contributed by atoms with van der Waals surface area (Å²) in [6, 6.07) is 67.6. The Balaban J connectivity index is 0.991. The molecule has 8 aromatic carbocycles. The summed E-state index contributed by atoms with van der Waals surface area (Å²) in [7, 11) is 0. The van der Waals surface area contributed by atoms with Crippen LogP contribution in [0.15, 0.2) is 200 Å². The zero-order valence-corrected chi connectivity index (χ0v) is 32.9. The number of fused-ring (bicyclic) bond motifs is 6. The molecule has 0 amide bonds. The molecule has 0 radical (unpaired) electrons. The lowest BCUT2D eigenvalue weighted by molar-refractivity contribution is 0.666. The first-order chi connectivity index (χ1) is 29.0. The van der Waals surface area contributed by atoms with Crippen molar-refractivity contribution in [3.8, 4) is 78.4 Å². The fourth-order valence-corrected chi connectivity index (χ4v) is 9.23. The Morgan fingerprint density at radius 3 is 1.73 bits per heavy atom. The normalized spacial score (nSPS) is 12.7. The van der Waals surface area contributed by atoms with E-state index in [1.807, 2.05) is 18.3 Å². The van der Waals surface area contributed by atoms with Gasteiger partial charge in [0.2, 0.25) is 0 Å². The van der Waals surface area contributed by atoms with Crippen LogP contribution >= 0.6 is 0 Å². The minimum atomic E-state index is -0.117. The maximum absolute atomic E-state index is 5.26. The van der Waals surface area contributed by atoms with Crippen LogP contribution in [0.4, 0.5) is 0 Å². The van der Waals surface area contributed by atoms with Gasteiger partial charge in [-0.15, -0.1) is 0 Å². The highest BCUT2D eigenvalue weighted by molar-refractivity contribution is 6.05. The van der Waals surface area contributed by atoms with Crippen molar-refractivity contribution in [2.24, 2.45) is 0 Å². The van der Waals surface area contributed by atoms with E-state index < -0.39 is 0 Å². The van der Waals surface area contributed by atoms with Gasteiger partial charge in [0.15, 0.2) is 5.82 Å². The fourth-order valence-electron chi connectivity index (χ4n) is 9.23. The summed E-state index contributed by atoms with van der Waals surface area (Å²) in [6.07, 6.45) is 3.69. The molecule has 59 heavy (non-hydrogen) atoms. The number of hydrogen-bond donors (Lipinski definition) is 0. The molecular formula is C56H39N3. The minimum absolute atomic E-state index is 0.117. The molecule has 0 saturated heterocycles. The number of nitrogens with zero attached hydrogens (tertiary/aromatic N) is 3. The molecule has 1 aliphatic rings. The smallest absolute Gasteiger partial charge is 0.161 e. The van der Waals surface area contributed by atoms with Gasteiger partial charge in [0.05, 0.1) is 11.4 Å². The summed E-state index contributed by atoms with van der Waals surface area (Å²) in [4.78, 5) is 14.8. The number of pyridine rings is 1. The number of benzene rings is 8. The lowest BCUT2D eigenvalue weighted by Crippen LogP contribution is -2.15. The minimum Gasteiger partial charge on any atom is -0.264 e. The highest BCUT2D eigenvalue weighted by Gasteiger charge is 2.37. The highest BCUT2D eigenvalue weighted by atomic mass is 14.9. The third-order valence-electron chi connectivity index (χ3n) is 12.2. The molecule has 0 atom stereocenters. The van der Waals surface area contributed by atoms with E-state index in [4.69, 9.17) is 9.97 Å². The molecule has 11 rings (SSSR count). The Morgan fingerprint density at radius 1 is 0.373 bits per heavy atom. The van der Waals surface area contributed by atoms with Gasteiger partial charge in [-0.05, 0) is 108 Å². The molecule has 0 spiro atoms. The van der Waals surface area contributed by atoms with Crippen LogP contribution < -0.4 is 0 Å². The van der Waals surface area contributed by atoms with Crippen molar-refractivity contribution in [1.29, 1.82) is 0 Å². The quantitative estimate of drug-likeness (QED) is 0.170. The molecule has 278 valence electrons. The van der Waals surface area contributed by atoms with E-state index in [1.54, 1.807) is 6.20 Å². The largest absolute Gasteiger partial charge is 0.264 e. The molecule has 0 aliphatic heterocycles. The van der Waals surface area contributed by atoms with Gasteiger partial charge in [0.1, 0.15) is 0 Å². The molecule has 0 fully saturated rings. The zero-order chi connectivity index (χ0) is 39.5. The topological polar surface area (TPSA) is 38.7 Å². The first kappa shape index (κ1) is 34.7. The summed E-state index contributed by atoms with van der Waals surface area (Å²) in [5, 5.41) is 4.91.